The molecule has 9 nitrogen and oxygen atoms in total. The summed E-state index contributed by atoms with van der Waals surface area (Å²) in [6, 6.07) is 15.2. The van der Waals surface area contributed by atoms with Crippen LogP contribution in [-0.4, -0.2) is 40.8 Å². The summed E-state index contributed by atoms with van der Waals surface area (Å²) in [5.41, 5.74) is 0.675. The van der Waals surface area contributed by atoms with Gasteiger partial charge < -0.3 is 24.7 Å². The maximum atomic E-state index is 13.7. The number of rotatable bonds is 12. The van der Waals surface area contributed by atoms with Crippen molar-refractivity contribution in [3.8, 4) is 5.75 Å². The van der Waals surface area contributed by atoms with E-state index in [2.05, 4.69) is 15.6 Å². The number of hydrogen-bond donors (Lipinski definition) is 2. The molecule has 2 aromatic heterocycles. The van der Waals surface area contributed by atoms with E-state index in [-0.39, 0.29) is 43.1 Å². The summed E-state index contributed by atoms with van der Waals surface area (Å²) in [5.74, 6) is 1.00. The number of amides is 3. The first-order valence-corrected chi connectivity index (χ1v) is 13.0. The summed E-state index contributed by atoms with van der Waals surface area (Å²) in [6.45, 7) is 0.126. The third-order valence-corrected chi connectivity index (χ3v) is 6.65. The van der Waals surface area contributed by atoms with Crippen molar-refractivity contribution < 1.29 is 23.5 Å². The molecule has 4 rings (SSSR count). The second-order valence-electron chi connectivity index (χ2n) is 9.38. The summed E-state index contributed by atoms with van der Waals surface area (Å²) in [6.07, 6.45) is 7.73. The van der Waals surface area contributed by atoms with Gasteiger partial charge in [-0.25, -0.2) is 4.98 Å². The Kier molecular flexibility index (Phi) is 9.50. The van der Waals surface area contributed by atoms with E-state index >= 15 is 0 Å². The predicted molar refractivity (Wildman–Crippen MR) is 142 cm³/mol. The van der Waals surface area contributed by atoms with Crippen LogP contribution >= 0.6 is 0 Å². The quantitative estimate of drug-likeness (QED) is 0.362. The van der Waals surface area contributed by atoms with Gasteiger partial charge >= 0.3 is 0 Å². The first kappa shape index (κ1) is 26.9. The van der Waals surface area contributed by atoms with Crippen LogP contribution in [0.5, 0.6) is 5.75 Å². The lowest BCUT2D eigenvalue weighted by molar-refractivity contribution is -0.142. The average molecular weight is 519 g/mol. The molecule has 0 saturated heterocycles. The second kappa shape index (κ2) is 13.4. The van der Waals surface area contributed by atoms with Crippen molar-refractivity contribution in [2.75, 3.05) is 12.4 Å². The van der Waals surface area contributed by atoms with E-state index in [1.807, 2.05) is 0 Å². The van der Waals surface area contributed by atoms with Crippen molar-refractivity contribution >= 4 is 23.5 Å². The van der Waals surface area contributed by atoms with Crippen LogP contribution in [0.4, 0.5) is 5.82 Å². The van der Waals surface area contributed by atoms with Crippen LogP contribution in [0.25, 0.3) is 0 Å². The minimum Gasteiger partial charge on any atom is -0.497 e. The van der Waals surface area contributed by atoms with Gasteiger partial charge in [-0.15, -0.1) is 0 Å². The molecule has 200 valence electrons. The van der Waals surface area contributed by atoms with E-state index in [1.54, 1.807) is 79.1 Å². The van der Waals surface area contributed by atoms with Crippen molar-refractivity contribution in [3.63, 3.8) is 0 Å². The van der Waals surface area contributed by atoms with E-state index in [0.29, 0.717) is 29.3 Å². The van der Waals surface area contributed by atoms with Gasteiger partial charge in [0.2, 0.25) is 17.7 Å². The number of nitrogens with one attached hydrogen (secondary N) is 2. The van der Waals surface area contributed by atoms with Crippen molar-refractivity contribution in [1.29, 1.82) is 0 Å². The van der Waals surface area contributed by atoms with Gasteiger partial charge in [-0.2, -0.15) is 0 Å². The van der Waals surface area contributed by atoms with Crippen LogP contribution in [0.15, 0.2) is 71.5 Å². The molecular weight excluding hydrogens is 484 g/mol. The summed E-state index contributed by atoms with van der Waals surface area (Å²) in [5, 5.41) is 5.89. The Balaban J connectivity index is 1.51. The van der Waals surface area contributed by atoms with Gasteiger partial charge in [-0.3, -0.25) is 14.4 Å². The van der Waals surface area contributed by atoms with Gasteiger partial charge in [0, 0.05) is 25.1 Å². The Hall–Kier alpha value is -4.14. The Labute approximate surface area is 222 Å². The molecule has 1 saturated carbocycles. The number of ether oxygens (including phenoxy) is 1. The zero-order chi connectivity index (χ0) is 26.7. The van der Waals surface area contributed by atoms with Crippen LogP contribution < -0.4 is 15.4 Å². The monoisotopic (exact) mass is 518 g/mol. The zero-order valence-electron chi connectivity index (χ0n) is 21.6. The second-order valence-corrected chi connectivity index (χ2v) is 9.38. The normalized spacial score (nSPS) is 14.0. The third kappa shape index (κ3) is 7.44. The van der Waals surface area contributed by atoms with Gasteiger partial charge in [0.25, 0.3) is 0 Å². The lowest BCUT2D eigenvalue weighted by atomic mass is 10.0. The molecule has 9 heteroatoms. The molecule has 3 aromatic rings. The Morgan fingerprint density at radius 2 is 1.84 bits per heavy atom. The Bertz CT molecular complexity index is 1180. The molecule has 0 bridgehead atoms. The number of carbonyl (C=O) groups is 3. The molecular formula is C29H34N4O5. The van der Waals surface area contributed by atoms with Crippen molar-refractivity contribution in [2.45, 2.75) is 63.6 Å². The topological polar surface area (TPSA) is 114 Å². The highest BCUT2D eigenvalue weighted by molar-refractivity contribution is 5.91. The fourth-order valence-electron chi connectivity index (χ4n) is 4.69. The summed E-state index contributed by atoms with van der Waals surface area (Å²) < 4.78 is 10.8. The number of methoxy groups -OCH3 is 1. The van der Waals surface area contributed by atoms with Crippen LogP contribution in [0.1, 0.15) is 62.3 Å². The van der Waals surface area contributed by atoms with Gasteiger partial charge in [0.15, 0.2) is 0 Å². The Morgan fingerprint density at radius 3 is 2.50 bits per heavy atom. The highest BCUT2D eigenvalue weighted by atomic mass is 16.5. The fourth-order valence-corrected chi connectivity index (χ4v) is 4.69. The number of aromatic nitrogens is 1. The number of pyridine rings is 1. The lowest BCUT2D eigenvalue weighted by Crippen LogP contribution is -2.45. The number of benzene rings is 1. The van der Waals surface area contributed by atoms with E-state index in [9.17, 15) is 14.4 Å². The molecule has 1 aliphatic carbocycles. The van der Waals surface area contributed by atoms with Gasteiger partial charge in [0.05, 0.1) is 19.9 Å². The summed E-state index contributed by atoms with van der Waals surface area (Å²) >= 11 is 0. The molecule has 0 unspecified atom stereocenters. The molecule has 1 aromatic carbocycles. The fraction of sp³-hybridized carbons (Fsp3) is 0.379. The molecule has 0 radical (unpaired) electrons. The maximum Gasteiger partial charge on any atom is 0.247 e. The minimum absolute atomic E-state index is 0.0964. The number of carbonyl (C=O) groups excluding carboxylic acids is 3. The third-order valence-electron chi connectivity index (χ3n) is 6.65. The van der Waals surface area contributed by atoms with Crippen molar-refractivity contribution in [3.05, 3.63) is 78.4 Å². The number of nitrogens with zero attached hydrogens (tertiary/aromatic N) is 2. The molecule has 2 N–H and O–H groups in total. The van der Waals surface area contributed by atoms with Crippen LogP contribution in [-0.2, 0) is 20.9 Å². The SMILES string of the molecule is COc1ccc([C@H](C(=O)NC2CCCC2)N(Cc2ccco2)C(=O)CCCC(=O)Nc2ccccn2)cc1. The van der Waals surface area contributed by atoms with E-state index in [1.165, 1.54) is 0 Å². The number of anilines is 1. The van der Waals surface area contributed by atoms with Crippen LogP contribution in [0, 0.1) is 0 Å². The standard InChI is InChI=1S/C29H34N4O5/c1-37-23-16-14-21(15-17-23)28(29(36)31-22-8-2-3-9-22)33(20-24-10-7-19-38-24)27(35)13-6-12-26(34)32-25-11-4-5-18-30-25/h4-5,7,10-11,14-19,22,28H,2-3,6,8-9,12-13,20H2,1H3,(H,31,36)(H,30,32,34)/t28-/m1/s1. The van der Waals surface area contributed by atoms with Crippen LogP contribution in [0.3, 0.4) is 0 Å². The average Bonchev–Trinajstić information content (AvgIpc) is 3.64. The number of hydrogen-bond acceptors (Lipinski definition) is 6. The minimum atomic E-state index is -0.860. The first-order valence-electron chi connectivity index (χ1n) is 13.0. The Morgan fingerprint density at radius 1 is 1.05 bits per heavy atom. The van der Waals surface area contributed by atoms with Gasteiger partial charge in [0.1, 0.15) is 23.4 Å². The van der Waals surface area contributed by atoms with Crippen molar-refractivity contribution in [2.24, 2.45) is 0 Å². The molecule has 0 aliphatic heterocycles. The summed E-state index contributed by atoms with van der Waals surface area (Å²) in [7, 11) is 1.58. The van der Waals surface area contributed by atoms with E-state index in [0.717, 1.165) is 25.7 Å². The molecule has 0 spiro atoms. The van der Waals surface area contributed by atoms with Crippen LogP contribution in [0.2, 0.25) is 0 Å². The molecule has 1 fully saturated rings. The molecule has 2 heterocycles. The molecule has 3 amide bonds. The van der Waals surface area contributed by atoms with E-state index in [4.69, 9.17) is 9.15 Å². The maximum absolute atomic E-state index is 13.7. The predicted octanol–water partition coefficient (Wildman–Crippen LogP) is 4.62. The highest BCUT2D eigenvalue weighted by Crippen LogP contribution is 2.28. The number of furan rings is 1. The molecule has 38 heavy (non-hydrogen) atoms. The summed E-state index contributed by atoms with van der Waals surface area (Å²) in [4.78, 5) is 45.3. The van der Waals surface area contributed by atoms with Gasteiger partial charge in [-0.1, -0.05) is 31.0 Å². The highest BCUT2D eigenvalue weighted by Gasteiger charge is 2.33. The van der Waals surface area contributed by atoms with Crippen molar-refractivity contribution in [1.82, 2.24) is 15.2 Å². The first-order chi connectivity index (χ1) is 18.5. The zero-order valence-corrected chi connectivity index (χ0v) is 21.6. The smallest absolute Gasteiger partial charge is 0.247 e. The molecule has 1 atom stereocenters. The largest absolute Gasteiger partial charge is 0.497 e. The molecule has 1 aliphatic rings. The van der Waals surface area contributed by atoms with E-state index < -0.39 is 6.04 Å². The van der Waals surface area contributed by atoms with Gasteiger partial charge in [-0.05, 0) is 61.2 Å². The lowest BCUT2D eigenvalue weighted by Gasteiger charge is -2.32.